The smallest absolute Gasteiger partial charge is 0.404 e. The van der Waals surface area contributed by atoms with E-state index in [0.29, 0.717) is 28.7 Å². The maximum absolute atomic E-state index is 13.2. The molecular weight excluding hydrogens is 544 g/mol. The van der Waals surface area contributed by atoms with Crippen LogP contribution in [0.5, 0.6) is 11.5 Å². The Labute approximate surface area is 243 Å². The van der Waals surface area contributed by atoms with Crippen LogP contribution in [0.15, 0.2) is 33.6 Å². The number of carbonyl (C=O) groups is 1. The lowest BCUT2D eigenvalue weighted by atomic mass is 9.49. The van der Waals surface area contributed by atoms with Crippen molar-refractivity contribution in [1.29, 1.82) is 0 Å². The second-order valence-corrected chi connectivity index (χ2v) is 13.4. The highest BCUT2D eigenvalue weighted by Gasteiger charge is 2.53. The zero-order valence-corrected chi connectivity index (χ0v) is 24.2. The number of aliphatic hydroxyl groups excluding tert-OH is 2. The van der Waals surface area contributed by atoms with E-state index < -0.39 is 48.3 Å². The van der Waals surface area contributed by atoms with Crippen LogP contribution in [0.25, 0.3) is 11.0 Å². The van der Waals surface area contributed by atoms with Crippen LogP contribution < -0.4 is 21.4 Å². The quantitative estimate of drug-likeness (QED) is 0.300. The van der Waals surface area contributed by atoms with Gasteiger partial charge in [-0.1, -0.05) is 6.58 Å². The summed E-state index contributed by atoms with van der Waals surface area (Å²) in [7, 11) is 0. The van der Waals surface area contributed by atoms with E-state index in [1.54, 1.807) is 32.9 Å². The van der Waals surface area contributed by atoms with Crippen LogP contribution in [0.3, 0.4) is 0 Å². The van der Waals surface area contributed by atoms with Crippen LogP contribution in [0.2, 0.25) is 0 Å². The van der Waals surface area contributed by atoms with Crippen LogP contribution in [-0.2, 0) is 9.47 Å². The third-order valence-electron chi connectivity index (χ3n) is 10.2. The summed E-state index contributed by atoms with van der Waals surface area (Å²) in [5.41, 5.74) is 4.57. The van der Waals surface area contributed by atoms with Crippen molar-refractivity contribution in [3.05, 3.63) is 40.4 Å². The van der Waals surface area contributed by atoms with Gasteiger partial charge in [0.25, 0.3) is 0 Å². The van der Waals surface area contributed by atoms with Crippen molar-refractivity contribution in [2.24, 2.45) is 34.8 Å². The maximum atomic E-state index is 13.2. The predicted molar refractivity (Wildman–Crippen MR) is 153 cm³/mol. The molecular formula is C31H40N2O9. The number of aromatic hydroxyl groups is 1. The van der Waals surface area contributed by atoms with E-state index in [2.05, 4.69) is 11.9 Å². The Morgan fingerprint density at radius 1 is 1.17 bits per heavy atom. The molecule has 2 heterocycles. The summed E-state index contributed by atoms with van der Waals surface area (Å²) in [6.07, 6.45) is 1.90. The van der Waals surface area contributed by atoms with Gasteiger partial charge in [0, 0.05) is 16.7 Å². The Bertz CT molecular complexity index is 1450. The first-order valence-electron chi connectivity index (χ1n) is 14.7. The van der Waals surface area contributed by atoms with E-state index in [-0.39, 0.29) is 28.2 Å². The summed E-state index contributed by atoms with van der Waals surface area (Å²) >= 11 is 0. The van der Waals surface area contributed by atoms with Crippen molar-refractivity contribution in [3.8, 4) is 11.5 Å². The summed E-state index contributed by atoms with van der Waals surface area (Å²) in [6, 6.07) is 3.13. The number of allylic oxidation sites excluding steroid dienone is 1. The zero-order chi connectivity index (χ0) is 30.1. The van der Waals surface area contributed by atoms with Crippen molar-refractivity contribution in [3.63, 3.8) is 0 Å². The molecule has 6 N–H and O–H groups in total. The molecule has 5 fully saturated rings. The van der Waals surface area contributed by atoms with E-state index in [9.17, 15) is 24.9 Å². The molecule has 7 rings (SSSR count). The number of anilines is 1. The molecule has 42 heavy (non-hydrogen) atoms. The molecule has 1 aromatic heterocycles. The maximum Gasteiger partial charge on any atom is 0.404 e. The Morgan fingerprint density at radius 2 is 1.79 bits per heavy atom. The van der Waals surface area contributed by atoms with E-state index in [4.69, 9.17) is 24.4 Å². The Hall–Kier alpha value is -3.28. The minimum absolute atomic E-state index is 0.0365. The molecule has 4 saturated carbocycles. The van der Waals surface area contributed by atoms with Crippen molar-refractivity contribution >= 4 is 22.7 Å². The highest BCUT2D eigenvalue weighted by Crippen LogP contribution is 2.62. The van der Waals surface area contributed by atoms with Gasteiger partial charge in [0.05, 0.1) is 23.5 Å². The lowest BCUT2D eigenvalue weighted by molar-refractivity contribution is -0.290. The van der Waals surface area contributed by atoms with E-state index in [1.807, 2.05) is 0 Å². The number of nitrogens with two attached hydrogens (primary N) is 1. The first kappa shape index (κ1) is 28.8. The van der Waals surface area contributed by atoms with Crippen molar-refractivity contribution in [2.45, 2.75) is 83.4 Å². The largest absolute Gasteiger partial charge is 0.505 e. The monoisotopic (exact) mass is 584 g/mol. The summed E-state index contributed by atoms with van der Waals surface area (Å²) < 4.78 is 22.8. The molecule has 228 valence electrons. The molecule has 1 aromatic carbocycles. The predicted octanol–water partition coefficient (Wildman–Crippen LogP) is 3.90. The molecule has 1 saturated heterocycles. The summed E-state index contributed by atoms with van der Waals surface area (Å²) in [5.74, 6) is 1.29. The van der Waals surface area contributed by atoms with Gasteiger partial charge in [0.1, 0.15) is 17.4 Å². The van der Waals surface area contributed by atoms with Crippen LogP contribution in [0.4, 0.5) is 10.5 Å². The molecule has 2 aromatic rings. The van der Waals surface area contributed by atoms with Crippen LogP contribution in [-0.4, -0.2) is 52.1 Å². The number of fused-ring (bicyclic) bond motifs is 1. The number of hydrogen-bond acceptors (Lipinski definition) is 10. The normalized spacial score (nSPS) is 34.7. The van der Waals surface area contributed by atoms with Gasteiger partial charge in [-0.15, -0.1) is 0 Å². The number of aliphatic hydroxyl groups is 2. The molecule has 11 heteroatoms. The number of primary amides is 1. The minimum atomic E-state index is -1.49. The van der Waals surface area contributed by atoms with Gasteiger partial charge in [0.15, 0.2) is 17.5 Å². The standard InChI is InChI=1S/C31H40N2O9/c1-14-21(39-28-24(36)26(41-29(32)38)20(13-34)30(3,4)42-28)6-5-19-23(35)22(27(37)40-25(14)19)33-15(2)31-10-16-7-17(11-31)9-18(8-16)12-31/h5-6,16-18,20,24,26,28,33-36H,2,7-13H2,1,3-4H3,(H2,32,38)/t16?,17?,18?,20-,24?,26+,28-,31?/m1/s1. The fourth-order valence-electron chi connectivity index (χ4n) is 8.44. The summed E-state index contributed by atoms with van der Waals surface area (Å²) in [4.78, 5) is 24.7. The average Bonchev–Trinajstić information content (AvgIpc) is 2.90. The molecule has 1 amide bonds. The topological polar surface area (TPSA) is 174 Å². The first-order valence-corrected chi connectivity index (χ1v) is 14.7. The third kappa shape index (κ3) is 4.71. The molecule has 1 aliphatic heterocycles. The number of rotatable bonds is 7. The molecule has 5 aliphatic rings. The molecule has 4 bridgehead atoms. The molecule has 11 nitrogen and oxygen atoms in total. The highest BCUT2D eigenvalue weighted by molar-refractivity contribution is 5.91. The van der Waals surface area contributed by atoms with Gasteiger partial charge in [0.2, 0.25) is 6.29 Å². The lowest BCUT2D eigenvalue weighted by Crippen LogP contribution is -2.62. The van der Waals surface area contributed by atoms with E-state index in [0.717, 1.165) is 25.0 Å². The van der Waals surface area contributed by atoms with Gasteiger partial charge in [-0.05, 0) is 89.2 Å². The number of aryl methyl sites for hydroxylation is 1. The van der Waals surface area contributed by atoms with Gasteiger partial charge in [-0.25, -0.2) is 9.59 Å². The van der Waals surface area contributed by atoms with Crippen LogP contribution >= 0.6 is 0 Å². The van der Waals surface area contributed by atoms with Gasteiger partial charge in [-0.2, -0.15) is 0 Å². The second kappa shape index (κ2) is 10.2. The second-order valence-electron chi connectivity index (χ2n) is 13.4. The van der Waals surface area contributed by atoms with Gasteiger partial charge >= 0.3 is 11.7 Å². The van der Waals surface area contributed by atoms with Crippen LogP contribution in [0.1, 0.15) is 57.9 Å². The number of carbonyl (C=O) groups excluding carboxylic acids is 1. The number of ether oxygens (including phenoxy) is 3. The minimum Gasteiger partial charge on any atom is -0.505 e. The molecule has 4 atom stereocenters. The van der Waals surface area contributed by atoms with Crippen molar-refractivity contribution in [1.82, 2.24) is 0 Å². The molecule has 1 unspecified atom stereocenters. The number of nitrogens with one attached hydrogen (secondary N) is 1. The number of hydrogen-bond donors (Lipinski definition) is 5. The van der Waals surface area contributed by atoms with Crippen LogP contribution in [0, 0.1) is 36.0 Å². The Kier molecular flexibility index (Phi) is 6.98. The molecule has 0 spiro atoms. The number of benzene rings is 1. The van der Waals surface area contributed by atoms with E-state index in [1.165, 1.54) is 19.3 Å². The zero-order valence-electron chi connectivity index (χ0n) is 24.2. The van der Waals surface area contributed by atoms with Gasteiger partial charge < -0.3 is 45.0 Å². The fraction of sp³-hybridized carbons (Fsp3) is 0.613. The SMILES string of the molecule is C=C(Nc1c(O)c2ccc(O[C@@H]3OC(C)(C)[C@H](CO)[C@H](OC(N)=O)C3O)c(C)c2oc1=O)C12CC3CC(CC(C3)C1)C2. The van der Waals surface area contributed by atoms with Crippen molar-refractivity contribution < 1.29 is 38.7 Å². The molecule has 0 radical (unpaired) electrons. The van der Waals surface area contributed by atoms with E-state index >= 15 is 0 Å². The summed E-state index contributed by atoms with van der Waals surface area (Å²) in [6.45, 7) is 8.90. The molecule has 4 aliphatic carbocycles. The average molecular weight is 585 g/mol. The lowest BCUT2D eigenvalue weighted by Gasteiger charge is -2.57. The highest BCUT2D eigenvalue weighted by atomic mass is 16.7. The first-order chi connectivity index (χ1) is 19.8. The van der Waals surface area contributed by atoms with Crippen molar-refractivity contribution in [2.75, 3.05) is 11.9 Å². The Morgan fingerprint density at radius 3 is 2.36 bits per heavy atom. The number of amides is 1. The van der Waals surface area contributed by atoms with Gasteiger partial charge in [-0.3, -0.25) is 0 Å². The summed E-state index contributed by atoms with van der Waals surface area (Å²) in [5, 5.41) is 35.5. The Balaban J connectivity index is 1.27. The third-order valence-corrected chi connectivity index (χ3v) is 10.2. The fourth-order valence-corrected chi connectivity index (χ4v) is 8.44.